The lowest BCUT2D eigenvalue weighted by molar-refractivity contribution is -0.0689. The van der Waals surface area contributed by atoms with Gasteiger partial charge in [-0.3, -0.25) is 13.8 Å². The van der Waals surface area contributed by atoms with E-state index in [9.17, 15) is 27.0 Å². The summed E-state index contributed by atoms with van der Waals surface area (Å²) in [6.45, 7) is 1.99. The van der Waals surface area contributed by atoms with Gasteiger partial charge in [0.2, 0.25) is 0 Å². The highest BCUT2D eigenvalue weighted by atomic mass is 35.5. The number of benzene rings is 2. The standard InChI is InChI=1S/C22H18Cl2F3NO3S/c1-12-4-14(2-3-18(12)21(30)28-9-13-10-32(31)11-13)20(29)8-19(22(25,26)27)15-5-16(23)7-17(24)6-15/h2-8,13H,9-11H2,1H3,(H,28,30)/b19-8+. The van der Waals surface area contributed by atoms with Gasteiger partial charge in [-0.15, -0.1) is 0 Å². The lowest BCUT2D eigenvalue weighted by Crippen LogP contribution is -2.41. The van der Waals surface area contributed by atoms with Gasteiger partial charge in [0.15, 0.2) is 5.78 Å². The van der Waals surface area contributed by atoms with Crippen molar-refractivity contribution in [2.45, 2.75) is 13.1 Å². The number of rotatable bonds is 6. The smallest absolute Gasteiger partial charge is 0.352 e. The van der Waals surface area contributed by atoms with Gasteiger partial charge in [0.1, 0.15) is 0 Å². The highest BCUT2D eigenvalue weighted by Crippen LogP contribution is 2.36. The molecule has 0 radical (unpaired) electrons. The Bertz CT molecular complexity index is 1100. The molecule has 1 aliphatic heterocycles. The van der Waals surface area contributed by atoms with Crippen molar-refractivity contribution in [3.8, 4) is 0 Å². The topological polar surface area (TPSA) is 63.2 Å². The van der Waals surface area contributed by atoms with E-state index in [4.69, 9.17) is 23.2 Å². The second-order valence-electron chi connectivity index (χ2n) is 7.46. The molecule has 0 spiro atoms. The van der Waals surface area contributed by atoms with Crippen LogP contribution in [0.15, 0.2) is 42.5 Å². The first-order chi connectivity index (χ1) is 14.9. The zero-order valence-corrected chi connectivity index (χ0v) is 19.1. The van der Waals surface area contributed by atoms with E-state index in [-0.39, 0.29) is 33.0 Å². The predicted molar refractivity (Wildman–Crippen MR) is 120 cm³/mol. The Morgan fingerprint density at radius 3 is 2.25 bits per heavy atom. The molecule has 10 heteroatoms. The Kier molecular flexibility index (Phi) is 7.47. The number of carbonyl (C=O) groups is 2. The van der Waals surface area contributed by atoms with Gasteiger partial charge >= 0.3 is 6.18 Å². The molecule has 1 N–H and O–H groups in total. The molecule has 1 heterocycles. The van der Waals surface area contributed by atoms with Gasteiger partial charge in [0.05, 0.1) is 5.57 Å². The quantitative estimate of drug-likeness (QED) is 0.433. The Balaban J connectivity index is 1.82. The second-order valence-corrected chi connectivity index (χ2v) is 9.88. The summed E-state index contributed by atoms with van der Waals surface area (Å²) in [7, 11) is -0.811. The van der Waals surface area contributed by atoms with Gasteiger partial charge in [0.25, 0.3) is 5.91 Å². The summed E-state index contributed by atoms with van der Waals surface area (Å²) in [5, 5.41) is 2.77. The van der Waals surface area contributed by atoms with Crippen LogP contribution in [0.2, 0.25) is 10.0 Å². The van der Waals surface area contributed by atoms with Gasteiger partial charge < -0.3 is 5.32 Å². The number of amides is 1. The summed E-state index contributed by atoms with van der Waals surface area (Å²) >= 11 is 11.6. The third-order valence-corrected chi connectivity index (χ3v) is 7.03. The molecule has 32 heavy (non-hydrogen) atoms. The molecule has 1 amide bonds. The first-order valence-electron chi connectivity index (χ1n) is 9.47. The fourth-order valence-electron chi connectivity index (χ4n) is 3.25. The van der Waals surface area contributed by atoms with Crippen LogP contribution in [0.5, 0.6) is 0 Å². The average Bonchev–Trinajstić information content (AvgIpc) is 2.66. The Morgan fingerprint density at radius 1 is 1.09 bits per heavy atom. The van der Waals surface area contributed by atoms with Gasteiger partial charge in [-0.05, 0) is 60.4 Å². The molecule has 3 rings (SSSR count). The van der Waals surface area contributed by atoms with Crippen LogP contribution in [0, 0.1) is 12.8 Å². The second kappa shape index (κ2) is 9.77. The third-order valence-electron chi connectivity index (χ3n) is 4.90. The highest BCUT2D eigenvalue weighted by molar-refractivity contribution is 7.86. The number of hydrogen-bond acceptors (Lipinski definition) is 3. The number of alkyl halides is 3. The summed E-state index contributed by atoms with van der Waals surface area (Å²) < 4.78 is 52.0. The molecule has 2 aromatic carbocycles. The highest BCUT2D eigenvalue weighted by Gasteiger charge is 2.36. The number of allylic oxidation sites excluding steroid dienone is 2. The van der Waals surface area contributed by atoms with E-state index in [0.29, 0.717) is 35.3 Å². The minimum atomic E-state index is -4.82. The van der Waals surface area contributed by atoms with Gasteiger partial charge in [-0.25, -0.2) is 0 Å². The van der Waals surface area contributed by atoms with Crippen molar-refractivity contribution in [2.24, 2.45) is 5.92 Å². The van der Waals surface area contributed by atoms with Crippen LogP contribution in [-0.2, 0) is 10.8 Å². The fraction of sp³-hybridized carbons (Fsp3) is 0.273. The summed E-state index contributed by atoms with van der Waals surface area (Å²) in [4.78, 5) is 25.0. The lowest BCUT2D eigenvalue weighted by atomic mass is 9.98. The zero-order valence-electron chi connectivity index (χ0n) is 16.8. The van der Waals surface area contributed by atoms with Crippen LogP contribution in [0.4, 0.5) is 13.2 Å². The molecular formula is C22H18Cl2F3NO3S. The number of aryl methyl sites for hydroxylation is 1. The maximum absolute atomic E-state index is 13.6. The number of nitrogens with one attached hydrogen (secondary N) is 1. The van der Waals surface area contributed by atoms with E-state index < -0.39 is 28.3 Å². The third kappa shape index (κ3) is 5.99. The summed E-state index contributed by atoms with van der Waals surface area (Å²) in [5.74, 6) is 0.0446. The van der Waals surface area contributed by atoms with Crippen molar-refractivity contribution >= 4 is 51.3 Å². The van der Waals surface area contributed by atoms with Gasteiger partial charge in [-0.2, -0.15) is 13.2 Å². The molecule has 1 saturated heterocycles. The molecule has 2 aromatic rings. The van der Waals surface area contributed by atoms with E-state index in [1.54, 1.807) is 6.92 Å². The zero-order chi connectivity index (χ0) is 23.6. The van der Waals surface area contributed by atoms with Crippen molar-refractivity contribution in [2.75, 3.05) is 18.1 Å². The number of carbonyl (C=O) groups excluding carboxylic acids is 2. The molecule has 1 fully saturated rings. The molecule has 0 atom stereocenters. The van der Waals surface area contributed by atoms with E-state index in [1.165, 1.54) is 24.3 Å². The first kappa shape index (κ1) is 24.5. The number of ketones is 1. The van der Waals surface area contributed by atoms with Crippen LogP contribution in [0.3, 0.4) is 0 Å². The van der Waals surface area contributed by atoms with E-state index in [1.807, 2.05) is 0 Å². The molecule has 0 bridgehead atoms. The number of hydrogen-bond donors (Lipinski definition) is 1. The van der Waals surface area contributed by atoms with Crippen LogP contribution in [0.25, 0.3) is 5.57 Å². The molecule has 0 unspecified atom stereocenters. The largest absolute Gasteiger partial charge is 0.417 e. The maximum Gasteiger partial charge on any atom is 0.417 e. The Labute approximate surface area is 195 Å². The van der Waals surface area contributed by atoms with Crippen LogP contribution < -0.4 is 5.32 Å². The van der Waals surface area contributed by atoms with E-state index in [0.717, 1.165) is 12.1 Å². The summed E-state index contributed by atoms with van der Waals surface area (Å²) in [5.41, 5.74) is -0.748. The summed E-state index contributed by atoms with van der Waals surface area (Å²) in [6.07, 6.45) is -4.32. The maximum atomic E-state index is 13.6. The minimum absolute atomic E-state index is 0.00307. The van der Waals surface area contributed by atoms with Gasteiger partial charge in [0, 0.05) is 50.0 Å². The van der Waals surface area contributed by atoms with Crippen molar-refractivity contribution in [1.29, 1.82) is 0 Å². The predicted octanol–water partition coefficient (Wildman–Crippen LogP) is 5.24. The molecule has 4 nitrogen and oxygen atoms in total. The first-order valence-corrected chi connectivity index (χ1v) is 11.7. The van der Waals surface area contributed by atoms with Gasteiger partial charge in [-0.1, -0.05) is 29.3 Å². The molecule has 0 aromatic heterocycles. The average molecular weight is 504 g/mol. The molecule has 0 aliphatic carbocycles. The molecule has 0 saturated carbocycles. The van der Waals surface area contributed by atoms with Crippen molar-refractivity contribution in [3.05, 3.63) is 74.8 Å². The Morgan fingerprint density at radius 2 is 1.72 bits per heavy atom. The fourth-order valence-corrected chi connectivity index (χ4v) is 4.97. The van der Waals surface area contributed by atoms with Crippen molar-refractivity contribution in [3.63, 3.8) is 0 Å². The SMILES string of the molecule is Cc1cc(C(=O)/C=C(\c2cc(Cl)cc(Cl)c2)C(F)(F)F)ccc1C(=O)NCC1CS(=O)C1. The monoisotopic (exact) mass is 503 g/mol. The van der Waals surface area contributed by atoms with E-state index >= 15 is 0 Å². The van der Waals surface area contributed by atoms with Crippen molar-refractivity contribution in [1.82, 2.24) is 5.32 Å². The van der Waals surface area contributed by atoms with Crippen LogP contribution in [-0.4, -0.2) is 40.1 Å². The molecule has 170 valence electrons. The number of halogens is 5. The minimum Gasteiger partial charge on any atom is -0.352 e. The normalized spacial score (nSPS) is 18.8. The summed E-state index contributed by atoms with van der Waals surface area (Å²) in [6, 6.07) is 7.52. The van der Waals surface area contributed by atoms with Crippen LogP contribution in [0.1, 0.15) is 31.8 Å². The Hall–Kier alpha value is -2.16. The van der Waals surface area contributed by atoms with Crippen molar-refractivity contribution < 1.29 is 27.0 Å². The lowest BCUT2D eigenvalue weighted by Gasteiger charge is -2.24. The molecule has 1 aliphatic rings. The molecular weight excluding hydrogens is 486 g/mol. The van der Waals surface area contributed by atoms with Crippen LogP contribution >= 0.6 is 23.2 Å². The van der Waals surface area contributed by atoms with E-state index in [2.05, 4.69) is 5.32 Å².